The number of piperidine rings is 2. The van der Waals surface area contributed by atoms with E-state index in [0.717, 1.165) is 61.3 Å². The summed E-state index contributed by atoms with van der Waals surface area (Å²) in [6, 6.07) is 16.5. The zero-order chi connectivity index (χ0) is 49.7. The summed E-state index contributed by atoms with van der Waals surface area (Å²) in [4.78, 5) is 50.3. The second-order valence-electron chi connectivity index (χ2n) is 21.7. The lowest BCUT2D eigenvalue weighted by Crippen LogP contribution is -2.61. The number of fused-ring (bicyclic) bond motifs is 7. The molecule has 16 heteroatoms. The highest BCUT2D eigenvalue weighted by Gasteiger charge is 2.48. The van der Waals surface area contributed by atoms with E-state index in [9.17, 15) is 23.2 Å². The molecule has 1 aromatic carbocycles. The van der Waals surface area contributed by atoms with Gasteiger partial charge in [0.15, 0.2) is 22.9 Å². The number of hydrogen-bond acceptors (Lipinski definition) is 9. The van der Waals surface area contributed by atoms with Gasteiger partial charge in [0.05, 0.1) is 36.7 Å². The van der Waals surface area contributed by atoms with Gasteiger partial charge in [-0.25, -0.2) is 18.3 Å². The molecule has 5 aliphatic rings. The Morgan fingerprint density at radius 3 is 2.30 bits per heavy atom. The van der Waals surface area contributed by atoms with Crippen molar-refractivity contribution >= 4 is 23.2 Å². The largest absolute Gasteiger partial charge is 0.493 e. The third-order valence-corrected chi connectivity index (χ3v) is 15.8. The number of ether oxygens (including phenoxy) is 2. The van der Waals surface area contributed by atoms with E-state index in [1.54, 1.807) is 18.9 Å². The van der Waals surface area contributed by atoms with Crippen LogP contribution in [0.25, 0.3) is 5.65 Å². The van der Waals surface area contributed by atoms with Crippen molar-refractivity contribution in [3.63, 3.8) is 0 Å². The van der Waals surface area contributed by atoms with Crippen molar-refractivity contribution in [2.24, 2.45) is 11.3 Å². The maximum Gasteiger partial charge on any atom is 0.280 e. The van der Waals surface area contributed by atoms with Crippen molar-refractivity contribution in [2.75, 3.05) is 53.5 Å². The van der Waals surface area contributed by atoms with Crippen LogP contribution in [0, 0.1) is 18.3 Å². The van der Waals surface area contributed by atoms with Crippen LogP contribution in [0.2, 0.25) is 0 Å². The van der Waals surface area contributed by atoms with Crippen LogP contribution in [0.5, 0.6) is 11.5 Å². The zero-order valence-corrected chi connectivity index (χ0v) is 42.3. The summed E-state index contributed by atoms with van der Waals surface area (Å²) in [5.41, 5.74) is 3.69. The summed E-state index contributed by atoms with van der Waals surface area (Å²) in [7, 11) is 3.73. The van der Waals surface area contributed by atoms with Gasteiger partial charge in [-0.3, -0.25) is 19.3 Å². The molecule has 1 saturated carbocycles. The van der Waals surface area contributed by atoms with Gasteiger partial charge >= 0.3 is 0 Å². The normalized spacial score (nSPS) is 20.8. The molecule has 10 rings (SSSR count). The molecule has 0 bridgehead atoms. The van der Waals surface area contributed by atoms with Crippen molar-refractivity contribution in [2.45, 2.75) is 135 Å². The first-order chi connectivity index (χ1) is 33.4. The van der Waals surface area contributed by atoms with Crippen molar-refractivity contribution < 1.29 is 34.1 Å². The van der Waals surface area contributed by atoms with Gasteiger partial charge in [0.25, 0.3) is 18.2 Å². The Balaban J connectivity index is 0.000000188. The van der Waals surface area contributed by atoms with Crippen LogP contribution >= 0.6 is 0 Å². The van der Waals surface area contributed by atoms with Gasteiger partial charge in [0.2, 0.25) is 0 Å². The average molecular weight is 966 g/mol. The van der Waals surface area contributed by atoms with Crippen LogP contribution in [0.1, 0.15) is 160 Å². The summed E-state index contributed by atoms with van der Waals surface area (Å²) in [6.07, 6.45) is 10.3. The standard InChI is InChI=1S/C28H39N3O3.C26H32F2N6O2.H2/c1-20(2)12-18-34-24-11-10-21(19-25(24)33-3)27(32)30-16-13-28(14-17-30)26-9-6-15-31(26)23-8-5-4-7-22(23)29-28;1-16-14-19(22(27)28)34-23(30-16)17(15-29-34)24(36)32-10-8-26(9-11-32)20-7-6-18(21(35)25(2,3)4)33(20)13-12-31(26)5;/h6,9-11,15,19-20,22-23,29H,4-5,7-8,12-14,16-18H2,1-3H3;6-7,14-15,22H,8-13H2,1-5H3;1H/t22?,23-;;/m0../s1. The fraction of sp³-hybridized carbons (Fsp3) is 0.574. The molecule has 3 fully saturated rings. The Bertz CT molecular complexity index is 2730. The van der Waals surface area contributed by atoms with E-state index in [1.165, 1.54) is 43.6 Å². The van der Waals surface area contributed by atoms with E-state index in [4.69, 9.17) is 9.47 Å². The number of nitrogens with zero attached hydrogens (tertiary/aromatic N) is 8. The first-order valence-electron chi connectivity index (χ1n) is 25.4. The molecule has 2 amide bonds. The Hall–Kier alpha value is -5.61. The number of aryl methyl sites for hydroxylation is 1. The minimum atomic E-state index is -2.72. The monoisotopic (exact) mass is 966 g/mol. The number of aromatic nitrogens is 5. The molecular formula is C54H73F2N9O5. The van der Waals surface area contributed by atoms with Crippen LogP contribution in [0.15, 0.2) is 60.9 Å². The van der Waals surface area contributed by atoms with Crippen LogP contribution in [0.4, 0.5) is 8.78 Å². The highest BCUT2D eigenvalue weighted by molar-refractivity contribution is 6.00. The minimum absolute atomic E-state index is 0. The molecule has 0 radical (unpaired) electrons. The van der Waals surface area contributed by atoms with Gasteiger partial charge in [-0.1, -0.05) is 47.5 Å². The number of amides is 2. The molecule has 1 aliphatic carbocycles. The number of halogens is 2. The molecule has 2 spiro atoms. The lowest BCUT2D eigenvalue weighted by Gasteiger charge is -2.52. The van der Waals surface area contributed by atoms with Gasteiger partial charge in [-0.15, -0.1) is 0 Å². The highest BCUT2D eigenvalue weighted by Crippen LogP contribution is 2.45. The number of methoxy groups -OCH3 is 1. The lowest BCUT2D eigenvalue weighted by atomic mass is 9.77. The van der Waals surface area contributed by atoms with Crippen molar-refractivity contribution in [3.8, 4) is 11.5 Å². The minimum Gasteiger partial charge on any atom is -0.493 e. The molecule has 1 N–H and O–H groups in total. The SMILES string of the molecule is COc1cc(C(=O)N2CCC3(CC2)NC2CCCC[C@@H]2n2cccc23)ccc1OCCC(C)C.Cc1cc(C(F)F)n2ncc(C(=O)N3CCC4(CC3)c3ccc(C(=O)C(C)(C)C)n3CCN4C)c2n1.[HH]. The van der Waals surface area contributed by atoms with Gasteiger partial charge in [-0.05, 0) is 113 Å². The number of rotatable bonds is 9. The quantitative estimate of drug-likeness (QED) is 0.144. The summed E-state index contributed by atoms with van der Waals surface area (Å²) in [5.74, 6) is 1.85. The molecule has 70 heavy (non-hydrogen) atoms. The van der Waals surface area contributed by atoms with Crippen molar-refractivity contribution in [1.82, 2.24) is 43.7 Å². The molecule has 2 atom stereocenters. The Labute approximate surface area is 412 Å². The number of nitrogens with one attached hydrogen (secondary N) is 1. The van der Waals surface area contributed by atoms with Crippen LogP contribution < -0.4 is 14.8 Å². The Morgan fingerprint density at radius 2 is 1.60 bits per heavy atom. The van der Waals surface area contributed by atoms with Gasteiger partial charge in [-0.2, -0.15) is 5.10 Å². The number of likely N-dealkylation sites (N-methyl/N-ethyl adjacent to an activating group) is 1. The number of carbonyl (C=O) groups excluding carboxylic acids is 3. The maximum atomic E-state index is 13.5. The van der Waals surface area contributed by atoms with E-state index >= 15 is 0 Å². The molecule has 5 aromatic rings. The highest BCUT2D eigenvalue weighted by atomic mass is 19.3. The third kappa shape index (κ3) is 9.14. The number of alkyl halides is 2. The topological polar surface area (TPSA) is 131 Å². The van der Waals surface area contributed by atoms with Crippen LogP contribution in [-0.4, -0.2) is 116 Å². The molecule has 14 nitrogen and oxygen atoms in total. The molecule has 2 saturated heterocycles. The van der Waals surface area contributed by atoms with Crippen molar-refractivity contribution in [1.29, 1.82) is 0 Å². The average Bonchev–Trinajstić information content (AvgIpc) is 4.13. The van der Waals surface area contributed by atoms with E-state index in [2.05, 4.69) is 74.7 Å². The fourth-order valence-electron chi connectivity index (χ4n) is 11.8. The van der Waals surface area contributed by atoms with Gasteiger partial charge in [0, 0.05) is 87.0 Å². The summed E-state index contributed by atoms with van der Waals surface area (Å²) in [6.45, 7) is 16.5. The van der Waals surface area contributed by atoms with E-state index in [1.807, 2.05) is 49.9 Å². The molecular weight excluding hydrogens is 893 g/mol. The predicted octanol–water partition coefficient (Wildman–Crippen LogP) is 9.47. The lowest BCUT2D eigenvalue weighted by molar-refractivity contribution is 0.0127. The second kappa shape index (κ2) is 19.5. The van der Waals surface area contributed by atoms with Gasteiger partial charge < -0.3 is 33.7 Å². The van der Waals surface area contributed by atoms with E-state index < -0.39 is 11.8 Å². The number of benzene rings is 1. The van der Waals surface area contributed by atoms with E-state index in [-0.39, 0.29) is 47.0 Å². The molecule has 378 valence electrons. The fourth-order valence-corrected chi connectivity index (χ4v) is 11.8. The number of hydrogen-bond donors (Lipinski definition) is 1. The number of likely N-dealkylation sites (tertiary alicyclic amines) is 2. The zero-order valence-electron chi connectivity index (χ0n) is 42.3. The first-order valence-corrected chi connectivity index (χ1v) is 25.4. The number of carbonyl (C=O) groups is 3. The maximum absolute atomic E-state index is 13.5. The second-order valence-corrected chi connectivity index (χ2v) is 21.7. The van der Waals surface area contributed by atoms with Crippen LogP contribution in [-0.2, 0) is 17.6 Å². The van der Waals surface area contributed by atoms with Gasteiger partial charge in [0.1, 0.15) is 11.3 Å². The van der Waals surface area contributed by atoms with E-state index in [0.29, 0.717) is 73.3 Å². The van der Waals surface area contributed by atoms with Crippen molar-refractivity contribution in [3.05, 3.63) is 101 Å². The molecule has 4 aromatic heterocycles. The molecule has 4 aliphatic heterocycles. The number of ketones is 1. The summed E-state index contributed by atoms with van der Waals surface area (Å²) in [5, 5.41) is 8.11. The summed E-state index contributed by atoms with van der Waals surface area (Å²) < 4.78 is 44.2. The predicted molar refractivity (Wildman–Crippen MR) is 266 cm³/mol. The molecule has 8 heterocycles. The summed E-state index contributed by atoms with van der Waals surface area (Å²) >= 11 is 0. The first kappa shape index (κ1) is 49.4. The number of Topliss-reactive ketones (excluding diaryl/α,β-unsaturated/α-hetero) is 1. The third-order valence-electron chi connectivity index (χ3n) is 15.8. The van der Waals surface area contributed by atoms with Crippen LogP contribution in [0.3, 0.4) is 0 Å². The Morgan fingerprint density at radius 1 is 0.886 bits per heavy atom. The smallest absolute Gasteiger partial charge is 0.280 e. The molecule has 1 unspecified atom stereocenters. The Kier molecular flexibility index (Phi) is 13.8.